The molecule has 0 aliphatic heterocycles. The van der Waals surface area contributed by atoms with E-state index >= 15 is 0 Å². The number of hydrogen-bond donors (Lipinski definition) is 2. The molecule has 158 valence electrons. The molecule has 0 rings (SSSR count). The quantitative estimate of drug-likeness (QED) is 0.250. The third-order valence-electron chi connectivity index (χ3n) is 4.68. The Balaban J connectivity index is 3.32. The van der Waals surface area contributed by atoms with Crippen LogP contribution in [0.5, 0.6) is 0 Å². The molecule has 0 aromatic rings. The van der Waals surface area contributed by atoms with Gasteiger partial charge in [-0.25, -0.2) is 0 Å². The zero-order valence-electron chi connectivity index (χ0n) is 18.1. The largest absolute Gasteiger partial charge is 0.355 e. The van der Waals surface area contributed by atoms with E-state index in [0.717, 1.165) is 38.9 Å². The first-order valence-corrected chi connectivity index (χ1v) is 11.2. The van der Waals surface area contributed by atoms with Gasteiger partial charge in [0.05, 0.1) is 0 Å². The van der Waals surface area contributed by atoms with Gasteiger partial charge >= 0.3 is 0 Å². The number of unbranched alkanes of at least 4 members (excludes halogenated alkanes) is 8. The monoisotopic (exact) mass is 379 g/mol. The summed E-state index contributed by atoms with van der Waals surface area (Å²) in [6, 6.07) is 0. The summed E-state index contributed by atoms with van der Waals surface area (Å²) < 4.78 is 0. The van der Waals surface area contributed by atoms with Gasteiger partial charge in [0.25, 0.3) is 0 Å². The fourth-order valence-corrected chi connectivity index (χ4v) is 2.90. The molecule has 0 saturated heterocycles. The molecule has 0 aliphatic carbocycles. The van der Waals surface area contributed by atoms with E-state index < -0.39 is 0 Å². The van der Waals surface area contributed by atoms with Crippen LogP contribution in [0.15, 0.2) is 24.3 Å². The van der Waals surface area contributed by atoms with Crippen LogP contribution in [0.1, 0.15) is 84.0 Å². The number of nitrogens with two attached hydrogens (primary N) is 1. The Morgan fingerprint density at radius 2 is 1.52 bits per heavy atom. The fraction of sp³-hybridized carbons (Fsp3) is 0.783. The van der Waals surface area contributed by atoms with Crippen LogP contribution in [-0.2, 0) is 4.79 Å². The number of nitrogens with one attached hydrogen (secondary N) is 1. The minimum absolute atomic E-state index is 0.182. The number of hydrogen-bond acceptors (Lipinski definition) is 3. The van der Waals surface area contributed by atoms with Crippen LogP contribution in [0.3, 0.4) is 0 Å². The maximum atomic E-state index is 11.7. The van der Waals surface area contributed by atoms with Crippen molar-refractivity contribution < 1.29 is 4.79 Å². The lowest BCUT2D eigenvalue weighted by Crippen LogP contribution is -2.35. The average molecular weight is 380 g/mol. The van der Waals surface area contributed by atoms with Crippen molar-refractivity contribution in [1.29, 1.82) is 0 Å². The van der Waals surface area contributed by atoms with Crippen molar-refractivity contribution >= 4 is 5.91 Å². The number of allylic oxidation sites excluding steroid dienone is 4. The number of likely N-dealkylation sites (N-methyl/N-ethyl adjacent to an activating group) is 1. The summed E-state index contributed by atoms with van der Waals surface area (Å²) in [4.78, 5) is 13.9. The molecule has 0 fully saturated rings. The molecule has 0 aromatic carbocycles. The Kier molecular flexibility index (Phi) is 20.3. The zero-order valence-corrected chi connectivity index (χ0v) is 18.1. The van der Waals surface area contributed by atoms with Gasteiger partial charge in [0.1, 0.15) is 0 Å². The molecule has 4 heteroatoms. The topological polar surface area (TPSA) is 58.4 Å². The Bertz CT molecular complexity index is 380. The van der Waals surface area contributed by atoms with E-state index in [-0.39, 0.29) is 5.91 Å². The van der Waals surface area contributed by atoms with Gasteiger partial charge in [-0.15, -0.1) is 0 Å². The smallest absolute Gasteiger partial charge is 0.220 e. The molecule has 1 amide bonds. The van der Waals surface area contributed by atoms with E-state index in [2.05, 4.69) is 41.4 Å². The molecule has 4 nitrogen and oxygen atoms in total. The first-order chi connectivity index (χ1) is 13.2. The van der Waals surface area contributed by atoms with Crippen LogP contribution in [0.2, 0.25) is 0 Å². The molecule has 3 N–H and O–H groups in total. The van der Waals surface area contributed by atoms with Crippen LogP contribution >= 0.6 is 0 Å². The maximum Gasteiger partial charge on any atom is 0.220 e. The number of nitrogens with zero attached hydrogens (tertiary/aromatic N) is 1. The molecule has 27 heavy (non-hydrogen) atoms. The van der Waals surface area contributed by atoms with Crippen molar-refractivity contribution in [3.8, 4) is 0 Å². The third kappa shape index (κ3) is 21.0. The van der Waals surface area contributed by atoms with Gasteiger partial charge in [-0.1, -0.05) is 63.3 Å². The Labute approximate surface area is 168 Å². The Hall–Kier alpha value is -1.13. The summed E-state index contributed by atoms with van der Waals surface area (Å²) in [6.45, 7) is 5.37. The lowest BCUT2D eigenvalue weighted by Gasteiger charge is -2.15. The molecule has 0 aromatic heterocycles. The molecular weight excluding hydrogens is 334 g/mol. The summed E-state index contributed by atoms with van der Waals surface area (Å²) in [5, 5.41) is 2.99. The van der Waals surface area contributed by atoms with Crippen molar-refractivity contribution in [2.75, 3.05) is 33.2 Å². The zero-order chi connectivity index (χ0) is 20.0. The van der Waals surface area contributed by atoms with E-state index in [1.807, 2.05) is 7.05 Å². The van der Waals surface area contributed by atoms with Crippen molar-refractivity contribution in [3.63, 3.8) is 0 Å². The van der Waals surface area contributed by atoms with Gasteiger partial charge < -0.3 is 16.0 Å². The normalized spacial score (nSPS) is 11.9. The van der Waals surface area contributed by atoms with Gasteiger partial charge in [0.15, 0.2) is 0 Å². The first-order valence-electron chi connectivity index (χ1n) is 11.2. The molecule has 0 aliphatic rings. The number of amides is 1. The molecule has 0 radical (unpaired) electrons. The van der Waals surface area contributed by atoms with E-state index in [1.165, 1.54) is 51.4 Å². The van der Waals surface area contributed by atoms with Crippen LogP contribution in [0.4, 0.5) is 0 Å². The molecule has 0 heterocycles. The van der Waals surface area contributed by atoms with Crippen molar-refractivity contribution in [2.24, 2.45) is 5.73 Å². The Morgan fingerprint density at radius 3 is 2.19 bits per heavy atom. The summed E-state index contributed by atoms with van der Waals surface area (Å²) in [5.74, 6) is 0.182. The number of carbonyl (C=O) groups excluding carboxylic acids is 1. The lowest BCUT2D eigenvalue weighted by atomic mass is 10.1. The van der Waals surface area contributed by atoms with E-state index in [4.69, 9.17) is 5.73 Å². The second-order valence-corrected chi connectivity index (χ2v) is 7.42. The van der Waals surface area contributed by atoms with E-state index in [1.54, 1.807) is 0 Å². The highest BCUT2D eigenvalue weighted by atomic mass is 16.1. The second kappa shape index (κ2) is 21.2. The van der Waals surface area contributed by atoms with Crippen molar-refractivity contribution in [2.45, 2.75) is 84.0 Å². The van der Waals surface area contributed by atoms with Crippen LogP contribution < -0.4 is 11.1 Å². The van der Waals surface area contributed by atoms with E-state index in [9.17, 15) is 4.79 Å². The van der Waals surface area contributed by atoms with Crippen molar-refractivity contribution in [1.82, 2.24) is 10.2 Å². The Morgan fingerprint density at radius 1 is 0.889 bits per heavy atom. The highest BCUT2D eigenvalue weighted by molar-refractivity contribution is 5.75. The van der Waals surface area contributed by atoms with Gasteiger partial charge in [-0.05, 0) is 45.6 Å². The third-order valence-corrected chi connectivity index (χ3v) is 4.68. The molecule has 0 spiro atoms. The standard InChI is InChI=1S/C23H45N3O/c1-3-4-5-6-7-8-9-10-11-12-13-14-15-16-17-18-23(27)25-20-22-26(2)21-19-24/h7-8,10-11H,3-6,9,12-22,24H2,1-2H3,(H,25,27)/b8-7-,11-10-. The molecule has 0 atom stereocenters. The summed E-state index contributed by atoms with van der Waals surface area (Å²) in [5.41, 5.74) is 5.50. The SMILES string of the molecule is CCCCC/C=C\C/C=C\CCCCCCCC(=O)NCCN(C)CCN. The average Bonchev–Trinajstić information content (AvgIpc) is 2.65. The van der Waals surface area contributed by atoms with Crippen LogP contribution in [0.25, 0.3) is 0 Å². The van der Waals surface area contributed by atoms with Gasteiger partial charge in [0.2, 0.25) is 5.91 Å². The summed E-state index contributed by atoms with van der Waals surface area (Å²) in [7, 11) is 2.03. The molecular formula is C23H45N3O. The van der Waals surface area contributed by atoms with Gasteiger partial charge in [0, 0.05) is 32.6 Å². The van der Waals surface area contributed by atoms with Gasteiger partial charge in [-0.2, -0.15) is 0 Å². The fourth-order valence-electron chi connectivity index (χ4n) is 2.90. The highest BCUT2D eigenvalue weighted by Gasteiger charge is 2.01. The maximum absolute atomic E-state index is 11.7. The van der Waals surface area contributed by atoms with Crippen molar-refractivity contribution in [3.05, 3.63) is 24.3 Å². The number of rotatable bonds is 19. The van der Waals surface area contributed by atoms with Crippen LogP contribution in [-0.4, -0.2) is 44.0 Å². The minimum atomic E-state index is 0.182. The molecule has 0 unspecified atom stereocenters. The predicted molar refractivity (Wildman–Crippen MR) is 119 cm³/mol. The first kappa shape index (κ1) is 25.9. The second-order valence-electron chi connectivity index (χ2n) is 7.42. The van der Waals surface area contributed by atoms with Gasteiger partial charge in [-0.3, -0.25) is 4.79 Å². The minimum Gasteiger partial charge on any atom is -0.355 e. The summed E-state index contributed by atoms with van der Waals surface area (Å²) in [6.07, 6.45) is 23.2. The molecule has 0 bridgehead atoms. The predicted octanol–water partition coefficient (Wildman–Crippen LogP) is 4.81. The highest BCUT2D eigenvalue weighted by Crippen LogP contribution is 2.08. The van der Waals surface area contributed by atoms with Crippen LogP contribution in [0, 0.1) is 0 Å². The molecule has 0 saturated carbocycles. The summed E-state index contributed by atoms with van der Waals surface area (Å²) >= 11 is 0. The lowest BCUT2D eigenvalue weighted by molar-refractivity contribution is -0.121. The number of carbonyl (C=O) groups is 1. The van der Waals surface area contributed by atoms with E-state index in [0.29, 0.717) is 13.0 Å².